The van der Waals surface area contributed by atoms with Crippen LogP contribution >= 0.6 is 7.60 Å². The minimum Gasteiger partial charge on any atom is -0.432 e. The van der Waals surface area contributed by atoms with Crippen LogP contribution in [0.5, 0.6) is 0 Å². The third-order valence-electron chi connectivity index (χ3n) is 1.80. The molecule has 0 N–H and O–H groups in total. The monoisotopic (exact) mass is 358 g/mol. The van der Waals surface area contributed by atoms with Crippen LogP contribution in [0.1, 0.15) is 27.7 Å². The quantitative estimate of drug-likeness (QED) is 0.328. The highest BCUT2D eigenvalue weighted by Gasteiger charge is 2.27. The molecule has 0 aromatic heterocycles. The summed E-state index contributed by atoms with van der Waals surface area (Å²) in [6, 6.07) is 0. The van der Waals surface area contributed by atoms with Gasteiger partial charge in [-0.25, -0.2) is 9.59 Å². The summed E-state index contributed by atoms with van der Waals surface area (Å²) in [7, 11) is -2.52. The lowest BCUT2D eigenvalue weighted by Crippen LogP contribution is -2.17. The van der Waals surface area contributed by atoms with Gasteiger partial charge in [0.15, 0.2) is 0 Å². The first-order chi connectivity index (χ1) is 10.7. The van der Waals surface area contributed by atoms with Crippen LogP contribution in [0.4, 0.5) is 9.59 Å². The van der Waals surface area contributed by atoms with Crippen LogP contribution in [0, 0.1) is 0 Å². The van der Waals surface area contributed by atoms with Crippen molar-refractivity contribution in [3.05, 3.63) is 0 Å². The molecule has 0 aliphatic heterocycles. The van der Waals surface area contributed by atoms with Crippen LogP contribution < -0.4 is 0 Å². The Labute approximate surface area is 134 Å². The summed E-state index contributed by atoms with van der Waals surface area (Å²) in [5.74, 6) is 0. The normalized spacial score (nSPS) is 11.4. The summed E-state index contributed by atoms with van der Waals surface area (Å²) in [6.07, 6.45) is -3.14. The fraction of sp³-hybridized carbons (Fsp3) is 0.833. The summed E-state index contributed by atoms with van der Waals surface area (Å²) >= 11 is 0. The molecule has 0 amide bonds. The Morgan fingerprint density at radius 3 is 1.57 bits per heavy atom. The predicted molar refractivity (Wildman–Crippen MR) is 76.8 cm³/mol. The summed E-state index contributed by atoms with van der Waals surface area (Å²) in [6.45, 7) is 5.18. The SMILES string of the molecule is COCP(=O)(OCOC(=O)OC(C)C)OCOC(=O)OC(C)C. The Morgan fingerprint density at radius 2 is 1.26 bits per heavy atom. The van der Waals surface area contributed by atoms with Gasteiger partial charge >= 0.3 is 19.9 Å². The minimum atomic E-state index is -3.79. The van der Waals surface area contributed by atoms with Crippen molar-refractivity contribution in [3.63, 3.8) is 0 Å². The van der Waals surface area contributed by atoms with Gasteiger partial charge in [-0.2, -0.15) is 0 Å². The molecule has 11 heteroatoms. The second-order valence-corrected chi connectivity index (χ2v) is 6.64. The van der Waals surface area contributed by atoms with Crippen molar-refractivity contribution in [2.24, 2.45) is 0 Å². The van der Waals surface area contributed by atoms with Crippen LogP contribution in [-0.2, 0) is 37.3 Å². The Morgan fingerprint density at radius 1 is 0.870 bits per heavy atom. The van der Waals surface area contributed by atoms with E-state index in [1.54, 1.807) is 27.7 Å². The average Bonchev–Trinajstić information content (AvgIpc) is 2.36. The van der Waals surface area contributed by atoms with Crippen LogP contribution in [0.25, 0.3) is 0 Å². The molecule has 0 saturated heterocycles. The van der Waals surface area contributed by atoms with Gasteiger partial charge in [0.1, 0.15) is 6.35 Å². The first-order valence-electron chi connectivity index (χ1n) is 6.72. The number of carbonyl (C=O) groups excluding carboxylic acids is 2. The first-order valence-corrected chi connectivity index (χ1v) is 8.45. The molecule has 0 spiro atoms. The number of hydrogen-bond donors (Lipinski definition) is 0. The number of hydrogen-bond acceptors (Lipinski definition) is 10. The second kappa shape index (κ2) is 11.2. The summed E-state index contributed by atoms with van der Waals surface area (Å²) in [5.41, 5.74) is 0. The van der Waals surface area contributed by atoms with Gasteiger partial charge in [-0.3, -0.25) is 13.6 Å². The van der Waals surface area contributed by atoms with Crippen molar-refractivity contribution in [2.45, 2.75) is 39.9 Å². The van der Waals surface area contributed by atoms with E-state index in [0.717, 1.165) is 0 Å². The zero-order chi connectivity index (χ0) is 17.9. The van der Waals surface area contributed by atoms with E-state index in [4.69, 9.17) is 13.8 Å². The topological polar surface area (TPSA) is 116 Å². The zero-order valence-electron chi connectivity index (χ0n) is 13.8. The van der Waals surface area contributed by atoms with E-state index >= 15 is 0 Å². The van der Waals surface area contributed by atoms with Crippen molar-refractivity contribution >= 4 is 19.9 Å². The predicted octanol–water partition coefficient (Wildman–Crippen LogP) is 2.85. The standard InChI is InChI=1S/C12H23O10P/c1-9(2)21-11(13)17-6-19-23(15,8-16-5)20-7-18-12(14)22-10(3)4/h9-10H,6-8H2,1-5H3. The first kappa shape index (κ1) is 21.6. The molecular weight excluding hydrogens is 335 g/mol. The van der Waals surface area contributed by atoms with Crippen molar-refractivity contribution in [1.82, 2.24) is 0 Å². The number of methoxy groups -OCH3 is 1. The maximum atomic E-state index is 12.2. The van der Waals surface area contributed by atoms with Crippen LogP contribution in [0.3, 0.4) is 0 Å². The summed E-state index contributed by atoms with van der Waals surface area (Å²) < 4.78 is 45.0. The fourth-order valence-electron chi connectivity index (χ4n) is 1.03. The molecule has 0 fully saturated rings. The van der Waals surface area contributed by atoms with Gasteiger partial charge in [-0.05, 0) is 27.7 Å². The molecule has 0 rings (SSSR count). The molecule has 10 nitrogen and oxygen atoms in total. The van der Waals surface area contributed by atoms with Gasteiger partial charge in [0.25, 0.3) is 0 Å². The van der Waals surface area contributed by atoms with Crippen molar-refractivity contribution in [2.75, 3.05) is 27.0 Å². The molecule has 23 heavy (non-hydrogen) atoms. The Hall–Kier alpha value is -1.35. The van der Waals surface area contributed by atoms with Crippen molar-refractivity contribution in [3.8, 4) is 0 Å². The average molecular weight is 358 g/mol. The number of carbonyl (C=O) groups is 2. The van der Waals surface area contributed by atoms with Gasteiger partial charge in [0, 0.05) is 7.11 Å². The largest absolute Gasteiger partial charge is 0.510 e. The summed E-state index contributed by atoms with van der Waals surface area (Å²) in [4.78, 5) is 22.3. The molecule has 0 aromatic rings. The fourth-order valence-corrected chi connectivity index (χ4v) is 2.00. The minimum absolute atomic E-state index is 0.370. The molecule has 0 heterocycles. The molecule has 0 saturated carbocycles. The van der Waals surface area contributed by atoms with E-state index in [2.05, 4.69) is 18.9 Å². The lowest BCUT2D eigenvalue weighted by Gasteiger charge is -2.17. The molecule has 0 radical (unpaired) electrons. The lowest BCUT2D eigenvalue weighted by molar-refractivity contribution is -0.0333. The van der Waals surface area contributed by atoms with Crippen LogP contribution in [0.15, 0.2) is 0 Å². The van der Waals surface area contributed by atoms with E-state index in [0.29, 0.717) is 0 Å². The third-order valence-corrected chi connectivity index (χ3v) is 3.38. The molecular formula is C12H23O10P. The number of rotatable bonds is 10. The van der Waals surface area contributed by atoms with Crippen LogP contribution in [0.2, 0.25) is 0 Å². The molecule has 136 valence electrons. The van der Waals surface area contributed by atoms with E-state index < -0.39 is 39.8 Å². The van der Waals surface area contributed by atoms with Gasteiger partial charge in [-0.15, -0.1) is 0 Å². The van der Waals surface area contributed by atoms with E-state index in [1.165, 1.54) is 7.11 Å². The zero-order valence-corrected chi connectivity index (χ0v) is 14.7. The van der Waals surface area contributed by atoms with Gasteiger partial charge in [-0.1, -0.05) is 0 Å². The maximum Gasteiger partial charge on any atom is 0.510 e. The molecule has 0 unspecified atom stereocenters. The van der Waals surface area contributed by atoms with Gasteiger partial charge < -0.3 is 23.7 Å². The molecule has 0 aromatic carbocycles. The van der Waals surface area contributed by atoms with Gasteiger partial charge in [0.2, 0.25) is 13.6 Å². The molecule has 0 aliphatic rings. The maximum absolute atomic E-state index is 12.2. The molecule has 0 aliphatic carbocycles. The highest BCUT2D eigenvalue weighted by molar-refractivity contribution is 7.53. The molecule has 0 atom stereocenters. The van der Waals surface area contributed by atoms with Crippen molar-refractivity contribution < 1.29 is 46.9 Å². The highest BCUT2D eigenvalue weighted by Crippen LogP contribution is 2.47. The van der Waals surface area contributed by atoms with Gasteiger partial charge in [0.05, 0.1) is 12.2 Å². The lowest BCUT2D eigenvalue weighted by atomic mass is 10.5. The van der Waals surface area contributed by atoms with Crippen LogP contribution in [-0.4, -0.2) is 51.6 Å². The molecule has 0 bridgehead atoms. The Kier molecular flexibility index (Phi) is 10.6. The van der Waals surface area contributed by atoms with Crippen molar-refractivity contribution in [1.29, 1.82) is 0 Å². The highest BCUT2D eigenvalue weighted by atomic mass is 31.2. The van der Waals surface area contributed by atoms with E-state index in [9.17, 15) is 14.2 Å². The van der Waals surface area contributed by atoms with E-state index in [-0.39, 0.29) is 12.2 Å². The van der Waals surface area contributed by atoms with E-state index in [1.807, 2.05) is 0 Å². The smallest absolute Gasteiger partial charge is 0.432 e. The second-order valence-electron chi connectivity index (χ2n) is 4.64. The number of ether oxygens (including phenoxy) is 5. The third kappa shape index (κ3) is 11.8. The summed E-state index contributed by atoms with van der Waals surface area (Å²) in [5, 5.41) is 0. The Bertz CT molecular complexity index is 377. The Balaban J connectivity index is 4.21.